The Kier molecular flexibility index (Phi) is 4.22. The number of rotatable bonds is 4. The highest BCUT2D eigenvalue weighted by atomic mass is 32.2. The van der Waals surface area contributed by atoms with Crippen LogP contribution in [0.1, 0.15) is 26.2 Å². The van der Waals surface area contributed by atoms with Gasteiger partial charge in [0.15, 0.2) is 11.6 Å². The van der Waals surface area contributed by atoms with Crippen molar-refractivity contribution in [3.8, 4) is 0 Å². The van der Waals surface area contributed by atoms with Crippen LogP contribution in [0.3, 0.4) is 0 Å². The molecule has 0 aliphatic carbocycles. The Balaban J connectivity index is 2.60. The second-order valence-corrected chi connectivity index (χ2v) is 6.90. The molecule has 0 amide bonds. The zero-order valence-electron chi connectivity index (χ0n) is 11.6. The number of hydrogen-bond acceptors (Lipinski definition) is 3. The van der Waals surface area contributed by atoms with Crippen molar-refractivity contribution in [2.75, 3.05) is 6.54 Å². The number of sulfonamides is 1. The number of carboxylic acids is 1. The lowest BCUT2D eigenvalue weighted by Crippen LogP contribution is -2.52. The second-order valence-electron chi connectivity index (χ2n) is 5.07. The lowest BCUT2D eigenvalue weighted by Gasteiger charge is -2.32. The molecule has 1 saturated heterocycles. The number of carbonyl (C=O) groups is 1. The van der Waals surface area contributed by atoms with Gasteiger partial charge in [-0.15, -0.1) is 0 Å². The van der Waals surface area contributed by atoms with Gasteiger partial charge in [0.25, 0.3) is 0 Å². The van der Waals surface area contributed by atoms with Crippen LogP contribution in [-0.4, -0.2) is 35.9 Å². The minimum atomic E-state index is -4.60. The number of hydrogen-bond donors (Lipinski definition) is 1. The second kappa shape index (κ2) is 5.54. The van der Waals surface area contributed by atoms with Crippen LogP contribution in [0.2, 0.25) is 0 Å². The fourth-order valence-corrected chi connectivity index (χ4v) is 4.67. The van der Waals surface area contributed by atoms with Gasteiger partial charge in [-0.3, -0.25) is 4.79 Å². The average molecular weight is 337 g/mol. The number of carboxylic acid groups (broad SMARTS) is 1. The van der Waals surface area contributed by atoms with Gasteiger partial charge >= 0.3 is 5.97 Å². The minimum Gasteiger partial charge on any atom is -0.480 e. The number of halogens is 3. The molecule has 1 aliphatic rings. The summed E-state index contributed by atoms with van der Waals surface area (Å²) < 4.78 is 65.7. The van der Waals surface area contributed by atoms with E-state index in [0.717, 1.165) is 0 Å². The minimum absolute atomic E-state index is 0.0210. The highest BCUT2D eigenvalue weighted by Crippen LogP contribution is 2.38. The first-order chi connectivity index (χ1) is 10.2. The Hall–Kier alpha value is -1.61. The predicted octanol–water partition coefficient (Wildman–Crippen LogP) is 2.12. The molecule has 0 spiro atoms. The van der Waals surface area contributed by atoms with Gasteiger partial charge < -0.3 is 5.11 Å². The van der Waals surface area contributed by atoms with Gasteiger partial charge in [0.1, 0.15) is 16.3 Å². The summed E-state index contributed by atoms with van der Waals surface area (Å²) in [6, 6.07) is 0.368. The maximum atomic E-state index is 13.8. The summed E-state index contributed by atoms with van der Waals surface area (Å²) in [6.07, 6.45) is 0.334. The van der Waals surface area contributed by atoms with Crippen molar-refractivity contribution in [1.29, 1.82) is 0 Å². The fourth-order valence-electron chi connectivity index (χ4n) is 2.74. The Labute approximate surface area is 125 Å². The van der Waals surface area contributed by atoms with Crippen molar-refractivity contribution >= 4 is 16.0 Å². The summed E-state index contributed by atoms with van der Waals surface area (Å²) in [5.41, 5.74) is -1.70. The maximum absolute atomic E-state index is 13.8. The molecule has 22 heavy (non-hydrogen) atoms. The molecule has 0 aromatic heterocycles. The summed E-state index contributed by atoms with van der Waals surface area (Å²) >= 11 is 0. The summed E-state index contributed by atoms with van der Waals surface area (Å²) in [4.78, 5) is 10.5. The molecule has 2 rings (SSSR count). The molecule has 0 radical (unpaired) electrons. The van der Waals surface area contributed by atoms with Crippen LogP contribution in [0.5, 0.6) is 0 Å². The van der Waals surface area contributed by atoms with E-state index < -0.39 is 43.9 Å². The summed E-state index contributed by atoms with van der Waals surface area (Å²) in [6.45, 7) is 1.38. The van der Waals surface area contributed by atoms with Crippen LogP contribution in [0, 0.1) is 17.5 Å². The van der Waals surface area contributed by atoms with E-state index in [0.29, 0.717) is 4.31 Å². The van der Waals surface area contributed by atoms with Crippen LogP contribution < -0.4 is 0 Å². The SMILES string of the molecule is CCC1(C(=O)O)CCCN1S(=O)(=O)c1cc(F)c(F)cc1F. The molecule has 1 fully saturated rings. The zero-order valence-corrected chi connectivity index (χ0v) is 12.5. The zero-order chi connectivity index (χ0) is 16.7. The molecule has 1 N–H and O–H groups in total. The van der Waals surface area contributed by atoms with Gasteiger partial charge in [0, 0.05) is 12.6 Å². The lowest BCUT2D eigenvalue weighted by molar-refractivity contribution is -0.147. The highest BCUT2D eigenvalue weighted by Gasteiger charge is 2.52. The van der Waals surface area contributed by atoms with Gasteiger partial charge in [0.05, 0.1) is 0 Å². The van der Waals surface area contributed by atoms with Gasteiger partial charge in [0.2, 0.25) is 10.0 Å². The largest absolute Gasteiger partial charge is 0.480 e. The van der Waals surface area contributed by atoms with E-state index >= 15 is 0 Å². The number of benzene rings is 1. The van der Waals surface area contributed by atoms with Crippen LogP contribution in [-0.2, 0) is 14.8 Å². The first-order valence-electron chi connectivity index (χ1n) is 6.57. The third kappa shape index (κ3) is 2.38. The van der Waals surface area contributed by atoms with Crippen LogP contribution >= 0.6 is 0 Å². The molecular formula is C13H14F3NO4S. The monoisotopic (exact) mass is 337 g/mol. The fraction of sp³-hybridized carbons (Fsp3) is 0.462. The molecule has 9 heteroatoms. The highest BCUT2D eigenvalue weighted by molar-refractivity contribution is 7.89. The van der Waals surface area contributed by atoms with E-state index in [9.17, 15) is 31.5 Å². The van der Waals surface area contributed by atoms with Gasteiger partial charge in [-0.1, -0.05) is 6.92 Å². The summed E-state index contributed by atoms with van der Waals surface area (Å²) in [5.74, 6) is -5.84. The number of aliphatic carboxylic acids is 1. The molecule has 1 unspecified atom stereocenters. The average Bonchev–Trinajstić information content (AvgIpc) is 2.88. The molecule has 1 aliphatic heterocycles. The van der Waals surface area contributed by atoms with Crippen molar-refractivity contribution in [2.24, 2.45) is 0 Å². The molecule has 0 saturated carbocycles. The maximum Gasteiger partial charge on any atom is 0.325 e. The normalized spacial score (nSPS) is 22.9. The molecule has 122 valence electrons. The molecule has 1 aromatic carbocycles. The van der Waals surface area contributed by atoms with Crippen LogP contribution in [0.4, 0.5) is 13.2 Å². The molecule has 0 bridgehead atoms. The van der Waals surface area contributed by atoms with Crippen molar-refractivity contribution in [3.63, 3.8) is 0 Å². The van der Waals surface area contributed by atoms with Gasteiger partial charge in [-0.25, -0.2) is 21.6 Å². The molecule has 1 atom stereocenters. The van der Waals surface area contributed by atoms with Crippen molar-refractivity contribution < 1.29 is 31.5 Å². The topological polar surface area (TPSA) is 74.7 Å². The smallest absolute Gasteiger partial charge is 0.325 e. The lowest BCUT2D eigenvalue weighted by atomic mass is 9.95. The van der Waals surface area contributed by atoms with E-state index in [1.165, 1.54) is 6.92 Å². The Bertz CT molecular complexity index is 722. The van der Waals surface area contributed by atoms with Gasteiger partial charge in [-0.05, 0) is 25.3 Å². The molecular weight excluding hydrogens is 323 g/mol. The Morgan fingerprint density at radius 1 is 1.27 bits per heavy atom. The Morgan fingerprint density at radius 2 is 1.86 bits per heavy atom. The summed E-state index contributed by atoms with van der Waals surface area (Å²) in [5, 5.41) is 9.38. The van der Waals surface area contributed by atoms with E-state index in [4.69, 9.17) is 0 Å². The van der Waals surface area contributed by atoms with E-state index in [-0.39, 0.29) is 37.9 Å². The van der Waals surface area contributed by atoms with Gasteiger partial charge in [-0.2, -0.15) is 4.31 Å². The first-order valence-corrected chi connectivity index (χ1v) is 8.01. The number of nitrogens with zero attached hydrogens (tertiary/aromatic N) is 1. The van der Waals surface area contributed by atoms with E-state index in [1.807, 2.05) is 0 Å². The predicted molar refractivity (Wildman–Crippen MR) is 70.1 cm³/mol. The standard InChI is InChI=1S/C13H14F3NO4S/c1-2-13(12(18)19)4-3-5-17(13)22(20,21)11-7-9(15)8(14)6-10(11)16/h6-7H,2-5H2,1H3,(H,18,19). The quantitative estimate of drug-likeness (QED) is 0.854. The summed E-state index contributed by atoms with van der Waals surface area (Å²) in [7, 11) is -4.60. The van der Waals surface area contributed by atoms with Crippen LogP contribution in [0.15, 0.2) is 17.0 Å². The van der Waals surface area contributed by atoms with Crippen LogP contribution in [0.25, 0.3) is 0 Å². The third-order valence-electron chi connectivity index (χ3n) is 3.95. The first kappa shape index (κ1) is 16.8. The molecule has 1 heterocycles. The van der Waals surface area contributed by atoms with E-state index in [2.05, 4.69) is 0 Å². The van der Waals surface area contributed by atoms with E-state index in [1.54, 1.807) is 0 Å². The third-order valence-corrected chi connectivity index (χ3v) is 5.94. The van der Waals surface area contributed by atoms with Crippen molar-refractivity contribution in [3.05, 3.63) is 29.6 Å². The molecule has 5 nitrogen and oxygen atoms in total. The Morgan fingerprint density at radius 3 is 2.41 bits per heavy atom. The molecule has 1 aromatic rings. The van der Waals surface area contributed by atoms with Crippen molar-refractivity contribution in [1.82, 2.24) is 4.31 Å². The van der Waals surface area contributed by atoms with Crippen molar-refractivity contribution in [2.45, 2.75) is 36.6 Å².